The number of esters is 1. The van der Waals surface area contributed by atoms with Crippen LogP contribution >= 0.6 is 0 Å². The summed E-state index contributed by atoms with van der Waals surface area (Å²) in [5.74, 6) is -2.55. The second-order valence-electron chi connectivity index (χ2n) is 10.6. The zero-order valence-corrected chi connectivity index (χ0v) is 18.9. The third kappa shape index (κ3) is 3.64. The van der Waals surface area contributed by atoms with Crippen LogP contribution in [0.3, 0.4) is 0 Å². The number of allylic oxidation sites excluding steroid dienone is 3. The average Bonchev–Trinajstić information content (AvgIpc) is 2.68. The van der Waals surface area contributed by atoms with E-state index in [0.29, 0.717) is 18.3 Å². The summed E-state index contributed by atoms with van der Waals surface area (Å²) in [6.45, 7) is 13.9. The number of fused-ring (bicyclic) bond motifs is 3. The van der Waals surface area contributed by atoms with Gasteiger partial charge in [0.15, 0.2) is 0 Å². The fourth-order valence-corrected chi connectivity index (χ4v) is 6.44. The maximum Gasteiger partial charge on any atom is 0.400 e. The average molecular weight is 418 g/mol. The van der Waals surface area contributed by atoms with Gasteiger partial charge in [0.25, 0.3) is 5.91 Å². The molecule has 0 heterocycles. The van der Waals surface area contributed by atoms with Crippen molar-refractivity contribution in [3.63, 3.8) is 0 Å². The Morgan fingerprint density at radius 3 is 2.47 bits per heavy atom. The van der Waals surface area contributed by atoms with Crippen molar-refractivity contribution in [1.29, 1.82) is 0 Å². The highest BCUT2D eigenvalue weighted by Gasteiger charge is 2.57. The monoisotopic (exact) mass is 417 g/mol. The van der Waals surface area contributed by atoms with E-state index < -0.39 is 23.9 Å². The van der Waals surface area contributed by atoms with Gasteiger partial charge in [-0.15, -0.1) is 11.6 Å². The molecule has 0 aromatic rings. The summed E-state index contributed by atoms with van der Waals surface area (Å²) in [4.78, 5) is 35.4. The third-order valence-corrected chi connectivity index (χ3v) is 8.23. The van der Waals surface area contributed by atoms with Gasteiger partial charge in [-0.25, -0.2) is 4.79 Å². The topological polar surface area (TPSA) is 83.9 Å². The fourth-order valence-electron chi connectivity index (χ4n) is 6.44. The maximum atomic E-state index is 12.3. The molecule has 2 fully saturated rings. The Kier molecular flexibility index (Phi) is 5.78. The van der Waals surface area contributed by atoms with Gasteiger partial charge < -0.3 is 4.74 Å². The van der Waals surface area contributed by atoms with Crippen molar-refractivity contribution in [2.75, 3.05) is 0 Å². The third-order valence-electron chi connectivity index (χ3n) is 8.23. The van der Waals surface area contributed by atoms with Crippen molar-refractivity contribution >= 4 is 17.8 Å². The number of amides is 2. The van der Waals surface area contributed by atoms with E-state index in [1.54, 1.807) is 5.57 Å². The molecule has 1 N–H and O–H groups in total. The van der Waals surface area contributed by atoms with Crippen molar-refractivity contribution in [3.8, 4) is 0 Å². The molecular weight excluding hydrogens is 382 g/mol. The van der Waals surface area contributed by atoms with E-state index in [9.17, 15) is 19.6 Å². The molecule has 0 aliphatic heterocycles. The molecule has 2 unspecified atom stereocenters. The minimum Gasteiger partial charge on any atom is -0.455 e. The van der Waals surface area contributed by atoms with Crippen LogP contribution in [-0.2, 0) is 19.1 Å². The molecule has 6 nitrogen and oxygen atoms in total. The number of hydrogen-bond donors (Lipinski definition) is 1. The Bertz CT molecular complexity index is 799. The molecule has 0 bridgehead atoms. The lowest BCUT2D eigenvalue weighted by molar-refractivity contribution is -0.195. The van der Waals surface area contributed by atoms with Gasteiger partial charge in [-0.3, -0.25) is 14.8 Å². The first-order chi connectivity index (χ1) is 13.9. The van der Waals surface area contributed by atoms with E-state index in [1.165, 1.54) is 0 Å². The first-order valence-corrected chi connectivity index (χ1v) is 10.9. The number of carbonyl (C=O) groups excluding carboxylic acids is 3. The molecule has 3 aliphatic carbocycles. The molecular formula is C24H35NO5. The standard InChI is InChI=1S/C24H35NO5/c1-7-23(5)12-10-17-16(14-23)8-9-18-22(3,4)19(11-13-24(17,18)6)30-21(28)20(27)25(29)15(2)26/h7,10,16,18-19,29H,1,8-9,11-14H2,2-6H3/t16?,18?,19-,23+,24+/m1/s1. The van der Waals surface area contributed by atoms with E-state index in [0.717, 1.165) is 39.0 Å². The van der Waals surface area contributed by atoms with Crippen LogP contribution in [0, 0.1) is 28.1 Å². The van der Waals surface area contributed by atoms with Crippen LogP contribution in [0.1, 0.15) is 73.1 Å². The van der Waals surface area contributed by atoms with Gasteiger partial charge in [0.2, 0.25) is 0 Å². The van der Waals surface area contributed by atoms with Crippen LogP contribution < -0.4 is 0 Å². The second-order valence-corrected chi connectivity index (χ2v) is 10.6. The van der Waals surface area contributed by atoms with Gasteiger partial charge in [-0.2, -0.15) is 0 Å². The van der Waals surface area contributed by atoms with Crippen LogP contribution in [0.2, 0.25) is 0 Å². The van der Waals surface area contributed by atoms with E-state index in [2.05, 4.69) is 46.4 Å². The predicted molar refractivity (Wildman–Crippen MR) is 112 cm³/mol. The Morgan fingerprint density at radius 1 is 1.20 bits per heavy atom. The molecule has 0 saturated heterocycles. The van der Waals surface area contributed by atoms with Crippen LogP contribution in [0.15, 0.2) is 24.3 Å². The molecule has 30 heavy (non-hydrogen) atoms. The van der Waals surface area contributed by atoms with Gasteiger partial charge in [0.05, 0.1) is 0 Å². The Balaban J connectivity index is 1.81. The van der Waals surface area contributed by atoms with Gasteiger partial charge in [-0.1, -0.05) is 45.4 Å². The highest BCUT2D eigenvalue weighted by Crippen LogP contribution is 2.64. The lowest BCUT2D eigenvalue weighted by atomic mass is 9.46. The first kappa shape index (κ1) is 22.7. The predicted octanol–water partition coefficient (Wildman–Crippen LogP) is 4.43. The van der Waals surface area contributed by atoms with Crippen LogP contribution in [0.5, 0.6) is 0 Å². The zero-order chi connectivity index (χ0) is 22.5. The highest BCUT2D eigenvalue weighted by atomic mass is 16.6. The summed E-state index contributed by atoms with van der Waals surface area (Å²) in [5, 5.41) is 9.28. The second kappa shape index (κ2) is 7.63. The van der Waals surface area contributed by atoms with E-state index in [4.69, 9.17) is 4.74 Å². The molecule has 2 saturated carbocycles. The largest absolute Gasteiger partial charge is 0.455 e. The summed E-state index contributed by atoms with van der Waals surface area (Å²) in [5.41, 5.74) is 1.42. The Hall–Kier alpha value is -1.95. The molecule has 3 aliphatic rings. The van der Waals surface area contributed by atoms with Crippen molar-refractivity contribution in [1.82, 2.24) is 5.06 Å². The summed E-state index contributed by atoms with van der Waals surface area (Å²) < 4.78 is 5.55. The lowest BCUT2D eigenvalue weighted by Gasteiger charge is -2.60. The van der Waals surface area contributed by atoms with Gasteiger partial charge in [0, 0.05) is 12.3 Å². The lowest BCUT2D eigenvalue weighted by Crippen LogP contribution is -2.55. The smallest absolute Gasteiger partial charge is 0.400 e. The zero-order valence-electron chi connectivity index (χ0n) is 18.9. The number of carbonyl (C=O) groups is 3. The minimum absolute atomic E-state index is 0.0459. The number of hydrogen-bond acceptors (Lipinski definition) is 5. The summed E-state index contributed by atoms with van der Waals surface area (Å²) >= 11 is 0. The molecule has 6 heteroatoms. The van der Waals surface area contributed by atoms with Gasteiger partial charge >= 0.3 is 11.9 Å². The normalized spacial score (nSPS) is 37.1. The molecule has 166 valence electrons. The number of hydroxylamine groups is 2. The summed E-state index contributed by atoms with van der Waals surface area (Å²) in [6.07, 6.45) is 9.91. The van der Waals surface area contributed by atoms with Crippen molar-refractivity contribution < 1.29 is 24.3 Å². The number of ether oxygens (including phenoxy) is 1. The molecule has 0 spiro atoms. The summed E-state index contributed by atoms with van der Waals surface area (Å²) in [6, 6.07) is 0. The molecule has 0 aromatic carbocycles. The molecule has 0 aromatic heterocycles. The maximum absolute atomic E-state index is 12.3. The van der Waals surface area contributed by atoms with Crippen molar-refractivity contribution in [3.05, 3.63) is 24.3 Å². The molecule has 2 amide bonds. The van der Waals surface area contributed by atoms with Crippen LogP contribution in [0.25, 0.3) is 0 Å². The van der Waals surface area contributed by atoms with Crippen LogP contribution in [-0.4, -0.2) is 34.2 Å². The number of rotatable bonds is 2. The minimum atomic E-state index is -1.34. The summed E-state index contributed by atoms with van der Waals surface area (Å²) in [7, 11) is 0. The molecule has 5 atom stereocenters. The quantitative estimate of drug-likeness (QED) is 0.236. The number of imide groups is 1. The highest BCUT2D eigenvalue weighted by molar-refractivity contribution is 6.34. The van der Waals surface area contributed by atoms with Gasteiger partial charge in [-0.05, 0) is 61.2 Å². The van der Waals surface area contributed by atoms with Gasteiger partial charge in [0.1, 0.15) is 6.10 Å². The first-order valence-electron chi connectivity index (χ1n) is 10.9. The Morgan fingerprint density at radius 2 is 1.87 bits per heavy atom. The van der Waals surface area contributed by atoms with Crippen LogP contribution in [0.4, 0.5) is 0 Å². The molecule has 0 radical (unpaired) electrons. The van der Waals surface area contributed by atoms with E-state index >= 15 is 0 Å². The van der Waals surface area contributed by atoms with Crippen molar-refractivity contribution in [2.45, 2.75) is 79.2 Å². The van der Waals surface area contributed by atoms with Crippen molar-refractivity contribution in [2.24, 2.45) is 28.1 Å². The number of nitrogens with zero attached hydrogens (tertiary/aromatic N) is 1. The molecule has 3 rings (SSSR count). The van der Waals surface area contributed by atoms with E-state index in [-0.39, 0.29) is 21.3 Å². The fraction of sp³-hybridized carbons (Fsp3) is 0.708. The van der Waals surface area contributed by atoms with E-state index in [1.807, 2.05) is 0 Å². The Labute approximate surface area is 179 Å². The SMILES string of the molecule is C=C[C@@]1(C)CC=C2C(CCC3C(C)(C)[C@H](OC(=O)C(=O)N(O)C(C)=O)CC[C@@]23C)C1.